The molecule has 2 heterocycles. The SMILES string of the molecule is CCN1CCC[C@H]1CN(CCN(C)C)C(=O)CCc1nc(-c2ccc(OC)cc2)no1. The number of carbonyl (C=O) groups excluding carboxylic acids is 1. The van der Waals surface area contributed by atoms with Gasteiger partial charge >= 0.3 is 0 Å². The number of benzene rings is 1. The van der Waals surface area contributed by atoms with E-state index in [1.54, 1.807) is 7.11 Å². The summed E-state index contributed by atoms with van der Waals surface area (Å²) in [5, 5.41) is 4.06. The first-order chi connectivity index (χ1) is 15.0. The molecule has 0 aliphatic carbocycles. The van der Waals surface area contributed by atoms with E-state index in [1.807, 2.05) is 43.3 Å². The molecule has 1 fully saturated rings. The van der Waals surface area contributed by atoms with E-state index in [1.165, 1.54) is 6.42 Å². The number of ether oxygens (including phenoxy) is 1. The van der Waals surface area contributed by atoms with Gasteiger partial charge in [-0.05, 0) is 64.3 Å². The number of methoxy groups -OCH3 is 1. The Balaban J connectivity index is 1.58. The number of aromatic nitrogens is 2. The molecule has 0 N–H and O–H groups in total. The predicted molar refractivity (Wildman–Crippen MR) is 120 cm³/mol. The van der Waals surface area contributed by atoms with Crippen LogP contribution >= 0.6 is 0 Å². The lowest BCUT2D eigenvalue weighted by Gasteiger charge is -2.31. The zero-order chi connectivity index (χ0) is 22.2. The summed E-state index contributed by atoms with van der Waals surface area (Å²) < 4.78 is 10.6. The van der Waals surface area contributed by atoms with Crippen LogP contribution in [0.5, 0.6) is 5.75 Å². The van der Waals surface area contributed by atoms with Crippen molar-refractivity contribution in [2.75, 3.05) is 53.9 Å². The maximum Gasteiger partial charge on any atom is 0.227 e. The van der Waals surface area contributed by atoms with Crippen LogP contribution in [0, 0.1) is 0 Å². The third-order valence-corrected chi connectivity index (χ3v) is 5.88. The molecule has 0 unspecified atom stereocenters. The number of hydrogen-bond donors (Lipinski definition) is 0. The molecule has 1 aliphatic rings. The fourth-order valence-electron chi connectivity index (χ4n) is 4.00. The van der Waals surface area contributed by atoms with Gasteiger partial charge in [0.05, 0.1) is 7.11 Å². The predicted octanol–water partition coefficient (Wildman–Crippen LogP) is 2.55. The maximum absolute atomic E-state index is 13.0. The van der Waals surface area contributed by atoms with Crippen molar-refractivity contribution in [1.29, 1.82) is 0 Å². The molecule has 1 aliphatic heterocycles. The molecule has 2 aromatic rings. The molecule has 31 heavy (non-hydrogen) atoms. The lowest BCUT2D eigenvalue weighted by Crippen LogP contribution is -2.45. The first kappa shape index (κ1) is 23.2. The molecule has 8 heteroatoms. The average Bonchev–Trinajstić information content (AvgIpc) is 3.44. The van der Waals surface area contributed by atoms with Crippen molar-refractivity contribution in [3.63, 3.8) is 0 Å². The molecule has 1 atom stereocenters. The molecule has 1 saturated heterocycles. The highest BCUT2D eigenvalue weighted by Crippen LogP contribution is 2.21. The normalized spacial score (nSPS) is 16.7. The van der Waals surface area contributed by atoms with Crippen LogP contribution in [0.2, 0.25) is 0 Å². The molecular formula is C23H35N5O3. The van der Waals surface area contributed by atoms with Crippen molar-refractivity contribution in [2.45, 2.75) is 38.6 Å². The molecule has 0 radical (unpaired) electrons. The van der Waals surface area contributed by atoms with Crippen LogP contribution < -0.4 is 4.74 Å². The van der Waals surface area contributed by atoms with Crippen LogP contribution in [0.25, 0.3) is 11.4 Å². The van der Waals surface area contributed by atoms with Gasteiger partial charge in [0.2, 0.25) is 17.6 Å². The largest absolute Gasteiger partial charge is 0.497 e. The molecule has 3 rings (SSSR count). The molecule has 1 aromatic heterocycles. The summed E-state index contributed by atoms with van der Waals surface area (Å²) in [6, 6.07) is 7.97. The zero-order valence-corrected chi connectivity index (χ0v) is 19.2. The molecule has 0 bridgehead atoms. The van der Waals surface area contributed by atoms with Gasteiger partial charge in [0, 0.05) is 44.1 Å². The van der Waals surface area contributed by atoms with Crippen molar-refractivity contribution in [3.8, 4) is 17.1 Å². The Morgan fingerprint density at radius 3 is 2.71 bits per heavy atom. The second-order valence-electron chi connectivity index (χ2n) is 8.31. The number of likely N-dealkylation sites (N-methyl/N-ethyl adjacent to an activating group) is 2. The molecular weight excluding hydrogens is 394 g/mol. The van der Waals surface area contributed by atoms with Crippen molar-refractivity contribution in [2.24, 2.45) is 0 Å². The van der Waals surface area contributed by atoms with Gasteiger partial charge in [-0.1, -0.05) is 12.1 Å². The minimum atomic E-state index is 0.147. The van der Waals surface area contributed by atoms with E-state index in [2.05, 4.69) is 26.9 Å². The Morgan fingerprint density at radius 2 is 2.03 bits per heavy atom. The van der Waals surface area contributed by atoms with E-state index >= 15 is 0 Å². The number of carbonyl (C=O) groups is 1. The third-order valence-electron chi connectivity index (χ3n) is 5.88. The van der Waals surface area contributed by atoms with E-state index in [-0.39, 0.29) is 5.91 Å². The smallest absolute Gasteiger partial charge is 0.227 e. The van der Waals surface area contributed by atoms with Gasteiger partial charge in [-0.3, -0.25) is 9.69 Å². The van der Waals surface area contributed by atoms with Gasteiger partial charge in [-0.15, -0.1) is 0 Å². The first-order valence-electron chi connectivity index (χ1n) is 11.1. The highest BCUT2D eigenvalue weighted by molar-refractivity contribution is 5.76. The van der Waals surface area contributed by atoms with Crippen molar-refractivity contribution >= 4 is 5.91 Å². The second kappa shape index (κ2) is 11.2. The highest BCUT2D eigenvalue weighted by atomic mass is 16.5. The Morgan fingerprint density at radius 1 is 1.26 bits per heavy atom. The second-order valence-corrected chi connectivity index (χ2v) is 8.31. The van der Waals surface area contributed by atoms with E-state index in [0.29, 0.717) is 30.6 Å². The van der Waals surface area contributed by atoms with E-state index in [4.69, 9.17) is 9.26 Å². The van der Waals surface area contributed by atoms with Crippen LogP contribution in [-0.4, -0.2) is 90.7 Å². The number of aryl methyl sites for hydroxylation is 1. The van der Waals surface area contributed by atoms with Gasteiger partial charge in [-0.2, -0.15) is 4.98 Å². The van der Waals surface area contributed by atoms with E-state index in [0.717, 1.165) is 50.5 Å². The summed E-state index contributed by atoms with van der Waals surface area (Å²) in [6.07, 6.45) is 3.19. The number of likely N-dealkylation sites (tertiary alicyclic amines) is 1. The Labute approximate surface area is 185 Å². The number of rotatable bonds is 11. The van der Waals surface area contributed by atoms with Crippen molar-refractivity contribution < 1.29 is 14.1 Å². The van der Waals surface area contributed by atoms with Gasteiger partial charge < -0.3 is 19.1 Å². The minimum Gasteiger partial charge on any atom is -0.497 e. The van der Waals surface area contributed by atoms with Gasteiger partial charge in [0.1, 0.15) is 5.75 Å². The van der Waals surface area contributed by atoms with Crippen LogP contribution in [-0.2, 0) is 11.2 Å². The monoisotopic (exact) mass is 429 g/mol. The van der Waals surface area contributed by atoms with Crippen molar-refractivity contribution in [3.05, 3.63) is 30.2 Å². The Bertz CT molecular complexity index is 821. The highest BCUT2D eigenvalue weighted by Gasteiger charge is 2.27. The fourth-order valence-corrected chi connectivity index (χ4v) is 4.00. The van der Waals surface area contributed by atoms with Gasteiger partial charge in [-0.25, -0.2) is 0 Å². The lowest BCUT2D eigenvalue weighted by molar-refractivity contribution is -0.132. The van der Waals surface area contributed by atoms with Crippen LogP contribution in [0.3, 0.4) is 0 Å². The summed E-state index contributed by atoms with van der Waals surface area (Å²) in [5.41, 5.74) is 0.857. The Hall–Kier alpha value is -2.45. The zero-order valence-electron chi connectivity index (χ0n) is 19.2. The summed E-state index contributed by atoms with van der Waals surface area (Å²) in [6.45, 7) is 6.75. The Kier molecular flexibility index (Phi) is 8.43. The molecule has 8 nitrogen and oxygen atoms in total. The quantitative estimate of drug-likeness (QED) is 0.543. The molecule has 1 aromatic carbocycles. The van der Waals surface area contributed by atoms with Crippen LogP contribution in [0.15, 0.2) is 28.8 Å². The maximum atomic E-state index is 13.0. The molecule has 170 valence electrons. The van der Waals surface area contributed by atoms with E-state index in [9.17, 15) is 4.79 Å². The lowest BCUT2D eigenvalue weighted by atomic mass is 10.2. The van der Waals surface area contributed by atoms with E-state index < -0.39 is 0 Å². The summed E-state index contributed by atoms with van der Waals surface area (Å²) in [5.74, 6) is 1.94. The summed E-state index contributed by atoms with van der Waals surface area (Å²) in [4.78, 5) is 24.1. The minimum absolute atomic E-state index is 0.147. The number of hydrogen-bond acceptors (Lipinski definition) is 7. The van der Waals surface area contributed by atoms with Gasteiger partial charge in [0.15, 0.2) is 0 Å². The average molecular weight is 430 g/mol. The molecule has 0 saturated carbocycles. The summed E-state index contributed by atoms with van der Waals surface area (Å²) >= 11 is 0. The fraction of sp³-hybridized carbons (Fsp3) is 0.609. The number of nitrogens with zero attached hydrogens (tertiary/aromatic N) is 5. The van der Waals surface area contributed by atoms with Gasteiger partial charge in [0.25, 0.3) is 0 Å². The third kappa shape index (κ3) is 6.51. The first-order valence-corrected chi connectivity index (χ1v) is 11.1. The molecule has 0 spiro atoms. The van der Waals surface area contributed by atoms with Crippen molar-refractivity contribution in [1.82, 2.24) is 24.8 Å². The molecule has 1 amide bonds. The standard InChI is InChI=1S/C23H35N5O3/c1-5-27-14-6-7-19(27)17-28(16-15-26(2)3)22(29)13-12-21-24-23(25-31-21)18-8-10-20(30-4)11-9-18/h8-11,19H,5-7,12-17H2,1-4H3/t19-/m0/s1. The number of amides is 1. The van der Waals surface area contributed by atoms with Crippen LogP contribution in [0.1, 0.15) is 32.1 Å². The van der Waals surface area contributed by atoms with Crippen LogP contribution in [0.4, 0.5) is 0 Å². The summed E-state index contributed by atoms with van der Waals surface area (Å²) in [7, 11) is 5.71. The topological polar surface area (TPSA) is 74.9 Å².